The first kappa shape index (κ1) is 28.6. The lowest BCUT2D eigenvalue weighted by Crippen LogP contribution is -2.50. The minimum atomic E-state index is -3.76. The summed E-state index contributed by atoms with van der Waals surface area (Å²) in [5.74, 6) is -1.12. The van der Waals surface area contributed by atoms with Crippen LogP contribution in [0.15, 0.2) is 95.9 Å². The lowest BCUT2D eigenvalue weighted by molar-refractivity contribution is 0.0697. The number of ether oxygens (including phenoxy) is 1. The zero-order valence-electron chi connectivity index (χ0n) is 23.6. The molecular formula is C33H29F2N3O4S. The Balaban J connectivity index is 1.29. The standard InChI is InChI=1S/C33H29F2N3O4S/c1-22-29(21-32(24-7-11-27(42-2)12-8-24)38(22)31-14-10-26(34)20-30(31)35)33(39)36-15-17-37(18-16-36)43(40,41)28-13-9-23-5-3-4-6-25(23)19-28/h3-14,19-21H,15-18H2,1-2H3. The van der Waals surface area contributed by atoms with Crippen LogP contribution in [0.25, 0.3) is 27.7 Å². The number of fused-ring (bicyclic) bond motifs is 1. The molecule has 4 aromatic carbocycles. The Morgan fingerprint density at radius 1 is 0.814 bits per heavy atom. The first-order chi connectivity index (χ1) is 20.7. The average Bonchev–Trinajstić information content (AvgIpc) is 3.37. The Morgan fingerprint density at radius 3 is 2.19 bits per heavy atom. The van der Waals surface area contributed by atoms with E-state index in [-0.39, 0.29) is 42.7 Å². The predicted molar refractivity (Wildman–Crippen MR) is 161 cm³/mol. The molecule has 43 heavy (non-hydrogen) atoms. The molecule has 2 heterocycles. The fraction of sp³-hybridized carbons (Fsp3) is 0.182. The van der Waals surface area contributed by atoms with E-state index in [0.717, 1.165) is 16.8 Å². The summed E-state index contributed by atoms with van der Waals surface area (Å²) in [6.45, 7) is 2.37. The van der Waals surface area contributed by atoms with Gasteiger partial charge in [0.05, 0.1) is 29.0 Å². The molecule has 1 aliphatic rings. The maximum absolute atomic E-state index is 15.0. The van der Waals surface area contributed by atoms with Crippen molar-refractivity contribution in [1.29, 1.82) is 0 Å². The molecule has 0 aliphatic carbocycles. The molecule has 1 saturated heterocycles. The highest BCUT2D eigenvalue weighted by Gasteiger charge is 2.32. The van der Waals surface area contributed by atoms with Gasteiger partial charge in [-0.05, 0) is 77.9 Å². The van der Waals surface area contributed by atoms with Gasteiger partial charge in [-0.1, -0.05) is 30.3 Å². The van der Waals surface area contributed by atoms with Gasteiger partial charge in [0.25, 0.3) is 5.91 Å². The number of hydrogen-bond donors (Lipinski definition) is 0. The number of rotatable bonds is 6. The topological polar surface area (TPSA) is 71.8 Å². The van der Waals surface area contributed by atoms with Crippen molar-refractivity contribution in [3.05, 3.63) is 114 Å². The van der Waals surface area contributed by atoms with Crippen molar-refractivity contribution in [1.82, 2.24) is 13.8 Å². The van der Waals surface area contributed by atoms with Crippen LogP contribution in [0, 0.1) is 18.6 Å². The normalized spacial score (nSPS) is 14.3. The molecule has 5 aromatic rings. The van der Waals surface area contributed by atoms with Gasteiger partial charge in [0.15, 0.2) is 0 Å². The molecule has 10 heteroatoms. The molecule has 0 radical (unpaired) electrons. The van der Waals surface area contributed by atoms with Crippen LogP contribution in [-0.4, -0.2) is 61.4 Å². The first-order valence-electron chi connectivity index (χ1n) is 13.8. The molecular weight excluding hydrogens is 572 g/mol. The molecule has 1 amide bonds. The Hall–Kier alpha value is -4.54. The molecule has 1 fully saturated rings. The third kappa shape index (κ3) is 5.28. The van der Waals surface area contributed by atoms with Crippen LogP contribution in [0.2, 0.25) is 0 Å². The van der Waals surface area contributed by atoms with Gasteiger partial charge in [-0.2, -0.15) is 4.31 Å². The van der Waals surface area contributed by atoms with E-state index in [4.69, 9.17) is 4.74 Å². The maximum Gasteiger partial charge on any atom is 0.255 e. The van der Waals surface area contributed by atoms with Crippen LogP contribution in [0.4, 0.5) is 8.78 Å². The van der Waals surface area contributed by atoms with Gasteiger partial charge in [-0.15, -0.1) is 0 Å². The van der Waals surface area contributed by atoms with Crippen molar-refractivity contribution < 1.29 is 26.7 Å². The zero-order valence-corrected chi connectivity index (χ0v) is 24.4. The summed E-state index contributed by atoms with van der Waals surface area (Å²) in [4.78, 5) is 15.7. The molecule has 220 valence electrons. The Kier molecular flexibility index (Phi) is 7.49. The second-order valence-electron chi connectivity index (χ2n) is 10.4. The lowest BCUT2D eigenvalue weighted by Gasteiger charge is -2.34. The number of carbonyl (C=O) groups excluding carboxylic acids is 1. The zero-order chi connectivity index (χ0) is 30.3. The number of sulfonamides is 1. The second kappa shape index (κ2) is 11.3. The van der Waals surface area contributed by atoms with E-state index < -0.39 is 21.7 Å². The third-order valence-corrected chi connectivity index (χ3v) is 9.79. The van der Waals surface area contributed by atoms with Crippen LogP contribution in [-0.2, 0) is 10.0 Å². The summed E-state index contributed by atoms with van der Waals surface area (Å²) in [6, 6.07) is 24.8. The number of nitrogens with zero attached hydrogens (tertiary/aromatic N) is 3. The van der Waals surface area contributed by atoms with E-state index in [2.05, 4.69) is 0 Å². The predicted octanol–water partition coefficient (Wildman–Crippen LogP) is 6.04. The minimum absolute atomic E-state index is 0.107. The SMILES string of the molecule is COc1ccc(-c2cc(C(=O)N3CCN(S(=O)(=O)c4ccc5ccccc5c4)CC3)c(C)n2-c2ccc(F)cc2F)cc1. The highest BCUT2D eigenvalue weighted by Crippen LogP contribution is 2.33. The smallest absolute Gasteiger partial charge is 0.255 e. The van der Waals surface area contributed by atoms with Gasteiger partial charge in [-0.3, -0.25) is 4.79 Å². The van der Waals surface area contributed by atoms with E-state index in [1.807, 2.05) is 24.3 Å². The van der Waals surface area contributed by atoms with E-state index in [0.29, 0.717) is 28.3 Å². The summed E-state index contributed by atoms with van der Waals surface area (Å²) < 4.78 is 64.0. The molecule has 0 atom stereocenters. The van der Waals surface area contributed by atoms with Crippen LogP contribution in [0.5, 0.6) is 5.75 Å². The van der Waals surface area contributed by atoms with Gasteiger partial charge in [-0.25, -0.2) is 17.2 Å². The van der Waals surface area contributed by atoms with Crippen molar-refractivity contribution in [2.24, 2.45) is 0 Å². The molecule has 6 rings (SSSR count). The fourth-order valence-corrected chi connectivity index (χ4v) is 7.01. The van der Waals surface area contributed by atoms with Crippen LogP contribution >= 0.6 is 0 Å². The quantitative estimate of drug-likeness (QED) is 0.238. The Morgan fingerprint density at radius 2 is 1.51 bits per heavy atom. The van der Waals surface area contributed by atoms with E-state index >= 15 is 4.39 Å². The molecule has 7 nitrogen and oxygen atoms in total. The molecule has 1 aliphatic heterocycles. The lowest BCUT2D eigenvalue weighted by atomic mass is 10.1. The van der Waals surface area contributed by atoms with Crippen molar-refractivity contribution >= 4 is 26.7 Å². The summed E-state index contributed by atoms with van der Waals surface area (Å²) in [5, 5.41) is 1.79. The summed E-state index contributed by atoms with van der Waals surface area (Å²) in [6.07, 6.45) is 0. The average molecular weight is 602 g/mol. The number of methoxy groups -OCH3 is 1. The molecule has 0 unspecified atom stereocenters. The number of benzene rings is 4. The minimum Gasteiger partial charge on any atom is -0.497 e. The Bertz CT molecular complexity index is 1950. The summed E-state index contributed by atoms with van der Waals surface area (Å²) in [7, 11) is -2.20. The Labute approximate surface area is 248 Å². The third-order valence-electron chi connectivity index (χ3n) is 7.90. The number of carbonyl (C=O) groups is 1. The summed E-state index contributed by atoms with van der Waals surface area (Å²) in [5.41, 5.74) is 2.19. The largest absolute Gasteiger partial charge is 0.497 e. The highest BCUT2D eigenvalue weighted by atomic mass is 32.2. The summed E-state index contributed by atoms with van der Waals surface area (Å²) >= 11 is 0. The highest BCUT2D eigenvalue weighted by molar-refractivity contribution is 7.89. The van der Waals surface area contributed by atoms with Gasteiger partial charge >= 0.3 is 0 Å². The molecule has 0 bridgehead atoms. The van der Waals surface area contributed by atoms with Crippen LogP contribution in [0.1, 0.15) is 16.1 Å². The number of hydrogen-bond acceptors (Lipinski definition) is 4. The van der Waals surface area contributed by atoms with Crippen molar-refractivity contribution in [2.45, 2.75) is 11.8 Å². The van der Waals surface area contributed by atoms with Gasteiger partial charge in [0.2, 0.25) is 10.0 Å². The van der Waals surface area contributed by atoms with Gasteiger partial charge in [0, 0.05) is 37.9 Å². The number of piperazine rings is 1. The first-order valence-corrected chi connectivity index (χ1v) is 15.2. The second-order valence-corrected chi connectivity index (χ2v) is 12.3. The van der Waals surface area contributed by atoms with E-state index in [1.165, 1.54) is 16.4 Å². The number of amides is 1. The van der Waals surface area contributed by atoms with Crippen molar-refractivity contribution in [3.63, 3.8) is 0 Å². The molecule has 0 spiro atoms. The number of aromatic nitrogens is 1. The fourth-order valence-electron chi connectivity index (χ4n) is 5.55. The molecule has 0 N–H and O–H groups in total. The van der Waals surface area contributed by atoms with Crippen molar-refractivity contribution in [3.8, 4) is 22.7 Å². The number of halogens is 2. The van der Waals surface area contributed by atoms with Gasteiger partial charge < -0.3 is 14.2 Å². The monoisotopic (exact) mass is 601 g/mol. The van der Waals surface area contributed by atoms with Crippen molar-refractivity contribution in [2.75, 3.05) is 33.3 Å². The van der Waals surface area contributed by atoms with Gasteiger partial charge in [0.1, 0.15) is 17.4 Å². The van der Waals surface area contributed by atoms with Crippen LogP contribution < -0.4 is 4.74 Å². The molecule has 1 aromatic heterocycles. The van der Waals surface area contributed by atoms with Crippen LogP contribution in [0.3, 0.4) is 0 Å². The maximum atomic E-state index is 15.0. The van der Waals surface area contributed by atoms with E-state index in [9.17, 15) is 17.6 Å². The van der Waals surface area contributed by atoms with E-state index in [1.54, 1.807) is 72.0 Å². The molecule has 0 saturated carbocycles.